The van der Waals surface area contributed by atoms with E-state index in [-0.39, 0.29) is 23.7 Å². The molecule has 6 heteroatoms. The van der Waals surface area contributed by atoms with Crippen molar-refractivity contribution in [1.82, 2.24) is 14.7 Å². The van der Waals surface area contributed by atoms with Gasteiger partial charge in [0, 0.05) is 13.1 Å². The monoisotopic (exact) mass is 411 g/mol. The first-order valence-electron chi connectivity index (χ1n) is 11.0. The Morgan fingerprint density at radius 2 is 2.03 bits per heavy atom. The van der Waals surface area contributed by atoms with Crippen LogP contribution in [-0.2, 0) is 16.0 Å². The maximum absolute atomic E-state index is 13.7. The largest absolute Gasteiger partial charge is 0.466 e. The van der Waals surface area contributed by atoms with Crippen molar-refractivity contribution in [3.05, 3.63) is 46.8 Å². The molecule has 162 valence electrons. The minimum atomic E-state index is -0.248. The van der Waals surface area contributed by atoms with Crippen LogP contribution in [0.25, 0.3) is 5.69 Å². The van der Waals surface area contributed by atoms with Gasteiger partial charge in [-0.25, -0.2) is 4.68 Å². The highest BCUT2D eigenvalue weighted by Crippen LogP contribution is 2.29. The van der Waals surface area contributed by atoms with E-state index < -0.39 is 0 Å². The smallest absolute Gasteiger partial charge is 0.310 e. The van der Waals surface area contributed by atoms with Gasteiger partial charge in [-0.15, -0.1) is 0 Å². The van der Waals surface area contributed by atoms with E-state index in [1.54, 1.807) is 0 Å². The zero-order valence-electron chi connectivity index (χ0n) is 18.8. The summed E-state index contributed by atoms with van der Waals surface area (Å²) in [6, 6.07) is 8.17. The third-order valence-electron chi connectivity index (χ3n) is 5.68. The first-order valence-corrected chi connectivity index (χ1v) is 11.0. The van der Waals surface area contributed by atoms with Crippen molar-refractivity contribution in [3.8, 4) is 5.69 Å². The van der Waals surface area contributed by atoms with Crippen LogP contribution in [0.5, 0.6) is 0 Å². The van der Waals surface area contributed by atoms with Crippen molar-refractivity contribution in [2.45, 2.75) is 59.8 Å². The Hall–Kier alpha value is -2.63. The summed E-state index contributed by atoms with van der Waals surface area (Å²) in [5, 5.41) is 4.87. The minimum Gasteiger partial charge on any atom is -0.466 e. The topological polar surface area (TPSA) is 64.4 Å². The zero-order chi connectivity index (χ0) is 21.8. The third kappa shape index (κ3) is 4.42. The highest BCUT2D eigenvalue weighted by Gasteiger charge is 2.33. The third-order valence-corrected chi connectivity index (χ3v) is 5.68. The number of piperidine rings is 1. The maximum atomic E-state index is 13.7. The van der Waals surface area contributed by atoms with E-state index in [4.69, 9.17) is 9.84 Å². The molecule has 1 aliphatic rings. The van der Waals surface area contributed by atoms with Crippen LogP contribution >= 0.6 is 0 Å². The van der Waals surface area contributed by atoms with Gasteiger partial charge in [0.15, 0.2) is 0 Å². The summed E-state index contributed by atoms with van der Waals surface area (Å²) in [6.07, 6.45) is 2.27. The highest BCUT2D eigenvalue weighted by molar-refractivity contribution is 5.97. The second-order valence-electron chi connectivity index (χ2n) is 8.31. The Labute approximate surface area is 179 Å². The molecule has 6 nitrogen and oxygen atoms in total. The van der Waals surface area contributed by atoms with Crippen molar-refractivity contribution >= 4 is 11.9 Å². The number of carbonyl (C=O) groups excluding carboxylic acids is 2. The molecule has 1 unspecified atom stereocenters. The van der Waals surface area contributed by atoms with Gasteiger partial charge in [0.05, 0.1) is 35.2 Å². The van der Waals surface area contributed by atoms with E-state index in [1.165, 1.54) is 0 Å². The lowest BCUT2D eigenvalue weighted by Gasteiger charge is -2.32. The van der Waals surface area contributed by atoms with Crippen molar-refractivity contribution in [3.63, 3.8) is 0 Å². The molecule has 3 rings (SSSR count). The fourth-order valence-corrected chi connectivity index (χ4v) is 4.18. The van der Waals surface area contributed by atoms with Crippen LogP contribution in [0.2, 0.25) is 0 Å². The summed E-state index contributed by atoms with van der Waals surface area (Å²) in [5.74, 6) is -0.360. The van der Waals surface area contributed by atoms with E-state index >= 15 is 0 Å². The number of rotatable bonds is 6. The van der Waals surface area contributed by atoms with Crippen LogP contribution in [0, 0.1) is 12.8 Å². The standard InChI is InChI=1S/C24H33N3O3/c1-6-20-21(23(28)26-13-9-11-18(15-26)24(29)30-7-2)22(16(3)4)25-27(20)19-12-8-10-17(5)14-19/h8,10,12,14,16,18H,6-7,9,11,13,15H2,1-5H3. The van der Waals surface area contributed by atoms with Crippen LogP contribution in [0.15, 0.2) is 24.3 Å². The highest BCUT2D eigenvalue weighted by atomic mass is 16.5. The van der Waals surface area contributed by atoms with Gasteiger partial charge in [-0.3, -0.25) is 9.59 Å². The fourth-order valence-electron chi connectivity index (χ4n) is 4.18. The van der Waals surface area contributed by atoms with Gasteiger partial charge in [-0.2, -0.15) is 5.10 Å². The van der Waals surface area contributed by atoms with Crippen molar-refractivity contribution in [1.29, 1.82) is 0 Å². The quantitative estimate of drug-likeness (QED) is 0.666. The first-order chi connectivity index (χ1) is 14.4. The molecule has 30 heavy (non-hydrogen) atoms. The molecule has 0 radical (unpaired) electrons. The van der Waals surface area contributed by atoms with Gasteiger partial charge in [-0.05, 0) is 56.7 Å². The molecule has 2 aromatic rings. The molecule has 1 aliphatic heterocycles. The Morgan fingerprint density at radius 1 is 1.27 bits per heavy atom. The van der Waals surface area contributed by atoms with Crippen LogP contribution in [0.3, 0.4) is 0 Å². The molecule has 0 spiro atoms. The first kappa shape index (κ1) is 22.1. The van der Waals surface area contributed by atoms with E-state index in [2.05, 4.69) is 39.8 Å². The van der Waals surface area contributed by atoms with Gasteiger partial charge in [-0.1, -0.05) is 32.9 Å². The number of aryl methyl sites for hydroxylation is 1. The molecule has 1 aromatic heterocycles. The number of hydrogen-bond donors (Lipinski definition) is 0. The second-order valence-corrected chi connectivity index (χ2v) is 8.31. The lowest BCUT2D eigenvalue weighted by molar-refractivity contribution is -0.149. The summed E-state index contributed by atoms with van der Waals surface area (Å²) in [4.78, 5) is 27.7. The average molecular weight is 412 g/mol. The molecular weight excluding hydrogens is 378 g/mol. The van der Waals surface area contributed by atoms with Crippen molar-refractivity contribution in [2.75, 3.05) is 19.7 Å². The van der Waals surface area contributed by atoms with E-state index in [1.807, 2.05) is 28.6 Å². The number of hydrogen-bond acceptors (Lipinski definition) is 4. The Bertz CT molecular complexity index is 916. The number of amides is 1. The fraction of sp³-hybridized carbons (Fsp3) is 0.542. The summed E-state index contributed by atoms with van der Waals surface area (Å²) in [5.41, 5.74) is 4.55. The number of esters is 1. The van der Waals surface area contributed by atoms with E-state index in [9.17, 15) is 9.59 Å². The Morgan fingerprint density at radius 3 is 2.67 bits per heavy atom. The molecule has 2 heterocycles. The molecule has 0 bridgehead atoms. The number of likely N-dealkylation sites (tertiary alicyclic amines) is 1. The number of carbonyl (C=O) groups is 2. The van der Waals surface area contributed by atoms with Crippen LogP contribution < -0.4 is 0 Å². The molecule has 1 aromatic carbocycles. The van der Waals surface area contributed by atoms with Gasteiger partial charge >= 0.3 is 5.97 Å². The molecule has 0 saturated carbocycles. The Balaban J connectivity index is 1.99. The summed E-state index contributed by atoms with van der Waals surface area (Å²) in [6.45, 7) is 11.5. The van der Waals surface area contributed by atoms with Gasteiger partial charge in [0.2, 0.25) is 0 Å². The average Bonchev–Trinajstić information content (AvgIpc) is 3.13. The van der Waals surface area contributed by atoms with Gasteiger partial charge in [0.1, 0.15) is 0 Å². The molecule has 1 fully saturated rings. The SMILES string of the molecule is CCOC(=O)C1CCCN(C(=O)c2c(C(C)C)nn(-c3cccc(C)c3)c2CC)C1. The lowest BCUT2D eigenvalue weighted by Crippen LogP contribution is -2.43. The lowest BCUT2D eigenvalue weighted by atomic mass is 9.96. The molecule has 0 N–H and O–H groups in total. The maximum Gasteiger partial charge on any atom is 0.310 e. The number of ether oxygens (including phenoxy) is 1. The van der Waals surface area contributed by atoms with Crippen molar-refractivity contribution in [2.24, 2.45) is 5.92 Å². The van der Waals surface area contributed by atoms with Crippen LogP contribution in [0.4, 0.5) is 0 Å². The normalized spacial score (nSPS) is 16.7. The molecule has 1 saturated heterocycles. The number of aromatic nitrogens is 2. The number of nitrogens with zero attached hydrogens (tertiary/aromatic N) is 3. The predicted octanol–water partition coefficient (Wildman–Crippen LogP) is 4.28. The number of benzene rings is 1. The van der Waals surface area contributed by atoms with E-state index in [0.29, 0.717) is 31.7 Å². The second kappa shape index (κ2) is 9.45. The minimum absolute atomic E-state index is 0.0246. The van der Waals surface area contributed by atoms with Crippen molar-refractivity contribution < 1.29 is 14.3 Å². The molecule has 1 amide bonds. The zero-order valence-corrected chi connectivity index (χ0v) is 18.8. The molecule has 0 aliphatic carbocycles. The Kier molecular flexibility index (Phi) is 6.95. The van der Waals surface area contributed by atoms with Gasteiger partial charge in [0.25, 0.3) is 5.91 Å². The van der Waals surface area contributed by atoms with Gasteiger partial charge < -0.3 is 9.64 Å². The van der Waals surface area contributed by atoms with Crippen LogP contribution in [0.1, 0.15) is 73.8 Å². The summed E-state index contributed by atoms with van der Waals surface area (Å²) >= 11 is 0. The van der Waals surface area contributed by atoms with Crippen LogP contribution in [-0.4, -0.2) is 46.3 Å². The van der Waals surface area contributed by atoms with E-state index in [0.717, 1.165) is 35.5 Å². The molecular formula is C24H33N3O3. The predicted molar refractivity (Wildman–Crippen MR) is 117 cm³/mol. The summed E-state index contributed by atoms with van der Waals surface area (Å²) in [7, 11) is 0. The summed E-state index contributed by atoms with van der Waals surface area (Å²) < 4.78 is 7.12. The molecule has 1 atom stereocenters.